The lowest BCUT2D eigenvalue weighted by atomic mass is 9.73. The summed E-state index contributed by atoms with van der Waals surface area (Å²) in [5.74, 6) is 1.93. The second-order valence-electron chi connectivity index (χ2n) is 9.71. The van der Waals surface area contributed by atoms with Gasteiger partial charge in [-0.1, -0.05) is 24.3 Å². The molecule has 1 unspecified atom stereocenters. The molecular weight excluding hydrogens is 450 g/mol. The van der Waals surface area contributed by atoms with E-state index in [0.717, 1.165) is 50.1 Å². The molecule has 3 fully saturated rings. The average Bonchev–Trinajstić information content (AvgIpc) is 3.09. The van der Waals surface area contributed by atoms with Crippen molar-refractivity contribution in [3.05, 3.63) is 35.4 Å². The number of ether oxygens (including phenoxy) is 1. The molecule has 0 spiro atoms. The van der Waals surface area contributed by atoms with Gasteiger partial charge in [-0.25, -0.2) is 0 Å². The zero-order chi connectivity index (χ0) is 24.1. The Kier molecular flexibility index (Phi) is 8.32. The van der Waals surface area contributed by atoms with Gasteiger partial charge in [-0.2, -0.15) is 11.8 Å². The highest BCUT2D eigenvalue weighted by Gasteiger charge is 2.54. The predicted octanol–water partition coefficient (Wildman–Crippen LogP) is 2.46. The van der Waals surface area contributed by atoms with E-state index >= 15 is 0 Å². The number of thioether (sulfide) groups is 1. The largest absolute Gasteiger partial charge is 0.385 e. The van der Waals surface area contributed by atoms with Crippen LogP contribution in [0.1, 0.15) is 43.2 Å². The molecule has 3 aliphatic heterocycles. The summed E-state index contributed by atoms with van der Waals surface area (Å²) in [5, 5.41) is 0. The third kappa shape index (κ3) is 5.19. The van der Waals surface area contributed by atoms with Crippen molar-refractivity contribution in [2.24, 2.45) is 0 Å². The summed E-state index contributed by atoms with van der Waals surface area (Å²) in [6.07, 6.45) is 2.65. The highest BCUT2D eigenvalue weighted by molar-refractivity contribution is 7.99. The molecule has 0 aliphatic carbocycles. The van der Waals surface area contributed by atoms with Crippen molar-refractivity contribution in [3.63, 3.8) is 0 Å². The number of carbonyl (C=O) groups is 3. The summed E-state index contributed by atoms with van der Waals surface area (Å²) in [5.41, 5.74) is 0.626. The van der Waals surface area contributed by atoms with E-state index < -0.39 is 5.41 Å². The third-order valence-corrected chi connectivity index (χ3v) is 8.57. The average molecular weight is 488 g/mol. The molecular formula is C26H37N3O4S. The van der Waals surface area contributed by atoms with Gasteiger partial charge in [0.05, 0.1) is 5.41 Å². The second kappa shape index (κ2) is 11.2. The van der Waals surface area contributed by atoms with E-state index in [9.17, 15) is 14.4 Å². The van der Waals surface area contributed by atoms with Crippen LogP contribution in [0.15, 0.2) is 24.3 Å². The summed E-state index contributed by atoms with van der Waals surface area (Å²) < 4.78 is 5.11. The van der Waals surface area contributed by atoms with E-state index in [2.05, 4.69) is 4.90 Å². The molecule has 0 saturated carbocycles. The van der Waals surface area contributed by atoms with Gasteiger partial charge < -0.3 is 9.64 Å². The van der Waals surface area contributed by atoms with Crippen LogP contribution in [0.25, 0.3) is 0 Å². The maximum absolute atomic E-state index is 13.7. The summed E-state index contributed by atoms with van der Waals surface area (Å²) in [4.78, 5) is 46.1. The van der Waals surface area contributed by atoms with E-state index in [1.807, 2.05) is 47.9 Å². The topological polar surface area (TPSA) is 70.2 Å². The summed E-state index contributed by atoms with van der Waals surface area (Å²) in [7, 11) is 1.61. The Balaban J connectivity index is 1.50. The Hall–Kier alpha value is -1.90. The van der Waals surface area contributed by atoms with Gasteiger partial charge in [0, 0.05) is 76.8 Å². The highest BCUT2D eigenvalue weighted by atomic mass is 32.2. The lowest BCUT2D eigenvalue weighted by molar-refractivity contribution is -0.143. The van der Waals surface area contributed by atoms with Crippen molar-refractivity contribution in [2.45, 2.75) is 50.5 Å². The van der Waals surface area contributed by atoms with Crippen LogP contribution in [0.5, 0.6) is 0 Å². The van der Waals surface area contributed by atoms with Crippen LogP contribution in [0, 0.1) is 6.92 Å². The van der Waals surface area contributed by atoms with Gasteiger partial charge in [0.15, 0.2) is 0 Å². The Morgan fingerprint density at radius 3 is 2.50 bits per heavy atom. The number of likely N-dealkylation sites (tertiary alicyclic amines) is 2. The third-order valence-electron chi connectivity index (χ3n) is 7.63. The molecule has 0 bridgehead atoms. The number of benzene rings is 1. The summed E-state index contributed by atoms with van der Waals surface area (Å²) in [6.45, 7) is 6.47. The fourth-order valence-electron chi connectivity index (χ4n) is 5.74. The molecule has 1 aromatic carbocycles. The van der Waals surface area contributed by atoms with Gasteiger partial charge in [-0.05, 0) is 37.3 Å². The number of rotatable bonds is 8. The van der Waals surface area contributed by atoms with Crippen LogP contribution < -0.4 is 0 Å². The molecule has 3 amide bonds. The Morgan fingerprint density at radius 2 is 1.82 bits per heavy atom. The molecule has 1 atom stereocenters. The second-order valence-corrected chi connectivity index (χ2v) is 10.9. The van der Waals surface area contributed by atoms with E-state index in [1.165, 1.54) is 16.4 Å². The minimum Gasteiger partial charge on any atom is -0.385 e. The lowest BCUT2D eigenvalue weighted by Crippen LogP contribution is -2.50. The Labute approximate surface area is 207 Å². The molecule has 4 rings (SSSR count). The van der Waals surface area contributed by atoms with Gasteiger partial charge in [-0.15, -0.1) is 0 Å². The molecule has 1 aromatic rings. The van der Waals surface area contributed by atoms with Gasteiger partial charge >= 0.3 is 0 Å². The maximum Gasteiger partial charge on any atom is 0.240 e. The minimum atomic E-state index is -1.12. The molecule has 34 heavy (non-hydrogen) atoms. The van der Waals surface area contributed by atoms with Crippen LogP contribution in [0.2, 0.25) is 0 Å². The smallest absolute Gasteiger partial charge is 0.240 e. The number of hydrogen-bond acceptors (Lipinski definition) is 6. The van der Waals surface area contributed by atoms with E-state index in [4.69, 9.17) is 4.74 Å². The van der Waals surface area contributed by atoms with Gasteiger partial charge in [0.25, 0.3) is 0 Å². The number of carbonyl (C=O) groups excluding carboxylic acids is 3. The molecule has 186 valence electrons. The SMILES string of the molecule is COCCCN1C(=O)CC(CC(=O)N2CCC(N3CCSCC3)CC2)(c2ccccc2C)C1=O. The first-order valence-electron chi connectivity index (χ1n) is 12.5. The van der Waals surface area contributed by atoms with Crippen molar-refractivity contribution < 1.29 is 19.1 Å². The first-order chi connectivity index (χ1) is 16.5. The lowest BCUT2D eigenvalue weighted by Gasteiger charge is -2.40. The van der Waals surface area contributed by atoms with Crippen molar-refractivity contribution in [1.29, 1.82) is 0 Å². The van der Waals surface area contributed by atoms with Crippen LogP contribution in [0.4, 0.5) is 0 Å². The van der Waals surface area contributed by atoms with E-state index in [-0.39, 0.29) is 30.6 Å². The van der Waals surface area contributed by atoms with Crippen molar-refractivity contribution >= 4 is 29.5 Å². The molecule has 8 heteroatoms. The van der Waals surface area contributed by atoms with Crippen molar-refractivity contribution in [1.82, 2.24) is 14.7 Å². The number of imide groups is 1. The highest BCUT2D eigenvalue weighted by Crippen LogP contribution is 2.42. The number of aryl methyl sites for hydroxylation is 1. The number of piperidine rings is 1. The number of nitrogens with zero attached hydrogens (tertiary/aromatic N) is 3. The monoisotopic (exact) mass is 487 g/mol. The molecule has 3 heterocycles. The number of amides is 3. The summed E-state index contributed by atoms with van der Waals surface area (Å²) in [6, 6.07) is 8.22. The quantitative estimate of drug-likeness (QED) is 0.415. The predicted molar refractivity (Wildman–Crippen MR) is 134 cm³/mol. The van der Waals surface area contributed by atoms with Crippen LogP contribution >= 0.6 is 11.8 Å². The van der Waals surface area contributed by atoms with Gasteiger partial charge in [-0.3, -0.25) is 24.2 Å². The Morgan fingerprint density at radius 1 is 1.12 bits per heavy atom. The van der Waals surface area contributed by atoms with Crippen LogP contribution in [-0.2, 0) is 24.5 Å². The number of methoxy groups -OCH3 is 1. The zero-order valence-electron chi connectivity index (χ0n) is 20.5. The van der Waals surface area contributed by atoms with Crippen LogP contribution in [0.3, 0.4) is 0 Å². The maximum atomic E-state index is 13.7. The van der Waals surface area contributed by atoms with Crippen molar-refractivity contribution in [2.75, 3.05) is 57.9 Å². The standard InChI is InChI=1S/C26H37N3O4S/c1-20-6-3-4-7-22(20)26(19-24(31)29(25(26)32)10-5-15-33-2)18-23(30)28-11-8-21(9-12-28)27-13-16-34-17-14-27/h3-4,6-7,21H,5,8-19H2,1-2H3. The zero-order valence-corrected chi connectivity index (χ0v) is 21.3. The first-order valence-corrected chi connectivity index (χ1v) is 13.6. The van der Waals surface area contributed by atoms with E-state index in [0.29, 0.717) is 25.6 Å². The van der Waals surface area contributed by atoms with Gasteiger partial charge in [0.2, 0.25) is 17.7 Å². The first kappa shape index (κ1) is 25.2. The van der Waals surface area contributed by atoms with Gasteiger partial charge in [0.1, 0.15) is 0 Å². The fraction of sp³-hybridized carbons (Fsp3) is 0.654. The molecule has 3 saturated heterocycles. The normalized spacial score (nSPS) is 24.8. The van der Waals surface area contributed by atoms with E-state index in [1.54, 1.807) is 7.11 Å². The molecule has 0 N–H and O–H groups in total. The molecule has 3 aliphatic rings. The van der Waals surface area contributed by atoms with Crippen molar-refractivity contribution in [3.8, 4) is 0 Å². The minimum absolute atomic E-state index is 0.0178. The summed E-state index contributed by atoms with van der Waals surface area (Å²) >= 11 is 2.01. The Bertz CT molecular complexity index is 896. The van der Waals surface area contributed by atoms with Crippen LogP contribution in [-0.4, -0.2) is 96.4 Å². The fourth-order valence-corrected chi connectivity index (χ4v) is 6.67. The molecule has 0 radical (unpaired) electrons. The molecule has 0 aromatic heterocycles. The number of hydrogen-bond donors (Lipinski definition) is 0. The molecule has 7 nitrogen and oxygen atoms in total.